The number of aryl methyl sites for hydroxylation is 5. The molecule has 10 aromatic heterocycles. The Balaban J connectivity index is 0.000000141. The highest BCUT2D eigenvalue weighted by Gasteiger charge is 2.21. The van der Waals surface area contributed by atoms with Crippen LogP contribution in [0.2, 0.25) is 10.3 Å². The van der Waals surface area contributed by atoms with Gasteiger partial charge in [-0.25, -0.2) is 58.3 Å². The van der Waals surface area contributed by atoms with Crippen LogP contribution < -0.4 is 28.4 Å². The molecule has 0 fully saturated rings. The maximum absolute atomic E-state index is 12.2. The molecule has 0 saturated heterocycles. The molecule has 0 N–H and O–H groups in total. The Bertz CT molecular complexity index is 4860. The lowest BCUT2D eigenvalue weighted by atomic mass is 10.1. The average molecular weight is 1410 g/mol. The normalized spacial score (nSPS) is 11.1. The van der Waals surface area contributed by atoms with Crippen LogP contribution in [0.4, 0.5) is 0 Å². The largest absolute Gasteiger partial charge is 0.493 e. The summed E-state index contributed by atoms with van der Waals surface area (Å²) in [4.78, 5) is 43.9. The van der Waals surface area contributed by atoms with Gasteiger partial charge in [0.1, 0.15) is 58.0 Å². The molecular formula is C64H67Cl2N15O8S5. The van der Waals surface area contributed by atoms with E-state index in [1.54, 1.807) is 151 Å². The Morgan fingerprint density at radius 1 is 0.372 bits per heavy atom. The van der Waals surface area contributed by atoms with Crippen LogP contribution in [0.3, 0.4) is 0 Å². The number of aromatic nitrogens is 15. The molecule has 13 aromatic rings. The van der Waals surface area contributed by atoms with E-state index in [0.717, 1.165) is 93.0 Å². The first-order valence-electron chi connectivity index (χ1n) is 28.1. The number of ether oxygens (including phenoxy) is 6. The lowest BCUT2D eigenvalue weighted by Crippen LogP contribution is -2.05. The number of thioether (sulfide) groups is 4. The summed E-state index contributed by atoms with van der Waals surface area (Å²) in [7, 11) is 15.7. The van der Waals surface area contributed by atoms with Crippen molar-refractivity contribution < 1.29 is 36.8 Å². The SMILES string of the molecule is COc1ccc(-c2cc3ncn(C)c3c(S(C)(=O)=O)n2)cc1OC.COc1ccc(-c2cc3ncn(C)c3c(SC)n2)cc1OC.COc1ccc(-c2cc3ncn(C)c3c(SC)n2)cc1OC.CSc1nc(Cl)cc2c1ncn2C.CSc1nc(Cl)cc2ncn(C)c12. The van der Waals surface area contributed by atoms with Crippen LogP contribution in [0, 0.1) is 0 Å². The minimum absolute atomic E-state index is 0.00443. The number of hydrogen-bond donors (Lipinski definition) is 0. The molecule has 0 saturated carbocycles. The van der Waals surface area contributed by atoms with Gasteiger partial charge in [0.15, 0.2) is 49.4 Å². The van der Waals surface area contributed by atoms with Gasteiger partial charge >= 0.3 is 0 Å². The van der Waals surface area contributed by atoms with Crippen molar-refractivity contribution in [2.24, 2.45) is 35.2 Å². The van der Waals surface area contributed by atoms with E-state index in [1.165, 1.54) is 0 Å². The number of halogens is 2. The fraction of sp³-hybridized carbons (Fsp3) is 0.250. The maximum atomic E-state index is 12.2. The molecule has 94 heavy (non-hydrogen) atoms. The first-order valence-corrected chi connectivity index (χ1v) is 35.6. The Morgan fingerprint density at radius 2 is 0.691 bits per heavy atom. The van der Waals surface area contributed by atoms with E-state index in [0.29, 0.717) is 67.1 Å². The molecule has 0 spiro atoms. The third kappa shape index (κ3) is 15.2. The van der Waals surface area contributed by atoms with E-state index in [4.69, 9.17) is 61.6 Å². The van der Waals surface area contributed by atoms with Crippen LogP contribution in [0.5, 0.6) is 34.5 Å². The molecule has 0 amide bonds. The van der Waals surface area contributed by atoms with Gasteiger partial charge in [-0.15, -0.1) is 47.0 Å². The van der Waals surface area contributed by atoms with E-state index >= 15 is 0 Å². The number of hydrogen-bond acceptors (Lipinski definition) is 22. The van der Waals surface area contributed by atoms with Crippen LogP contribution >= 0.6 is 70.2 Å². The Kier molecular flexibility index (Phi) is 22.8. The predicted molar refractivity (Wildman–Crippen MR) is 378 cm³/mol. The first kappa shape index (κ1) is 69.8. The number of nitrogens with zero attached hydrogens (tertiary/aromatic N) is 15. The van der Waals surface area contributed by atoms with E-state index in [-0.39, 0.29) is 5.03 Å². The van der Waals surface area contributed by atoms with Crippen LogP contribution in [0.1, 0.15) is 0 Å². The standard InChI is InChI=1S/C16H17N3O4S.2C16H17N3O2S.2C8H8ClN3S/c1-19-9-17-12-8-11(18-16(15(12)19)24(4,20)21)10-5-6-13(22-2)14(7-10)23-3;2*1-19-9-17-12-8-11(18-16(22-4)15(12)19)10-5-6-13(20-2)14(7-10)21-3;1-12-4-10-7-5(12)3-6(9)11-8(7)13-2;1-12-4-10-5-3-6(9)11-8(13-2)7(5)12/h5-9H,1-4H3;2*5-9H,1-4H3;2*3-4H,1-2H3. The molecular weight excluding hydrogens is 1340 g/mol. The van der Waals surface area contributed by atoms with E-state index in [9.17, 15) is 8.42 Å². The molecule has 23 nitrogen and oxygen atoms in total. The second kappa shape index (κ2) is 30.7. The topological polar surface area (TPSA) is 243 Å². The summed E-state index contributed by atoms with van der Waals surface area (Å²) in [5.74, 6) is 3.91. The summed E-state index contributed by atoms with van der Waals surface area (Å²) in [6.07, 6.45) is 17.8. The Hall–Kier alpha value is -8.51. The fourth-order valence-electron chi connectivity index (χ4n) is 9.85. The highest BCUT2D eigenvalue weighted by molar-refractivity contribution is 7.99. The zero-order valence-electron chi connectivity index (χ0n) is 54.2. The lowest BCUT2D eigenvalue weighted by molar-refractivity contribution is 0.355. The molecule has 0 aliphatic heterocycles. The molecule has 3 aromatic carbocycles. The number of fused-ring (bicyclic) bond motifs is 5. The van der Waals surface area contributed by atoms with Crippen LogP contribution in [-0.4, -0.2) is 155 Å². The number of pyridine rings is 5. The third-order valence-corrected chi connectivity index (χ3v) is 18.5. The maximum Gasteiger partial charge on any atom is 0.194 e. The van der Waals surface area contributed by atoms with Crippen molar-refractivity contribution >= 4 is 135 Å². The van der Waals surface area contributed by atoms with Gasteiger partial charge in [0.25, 0.3) is 0 Å². The Labute approximate surface area is 570 Å². The second-order valence-corrected chi connectivity index (χ2v) is 26.2. The zero-order valence-corrected chi connectivity index (χ0v) is 59.8. The summed E-state index contributed by atoms with van der Waals surface area (Å²) in [6, 6.07) is 26.2. The average Bonchev–Trinajstić information content (AvgIpc) is 1.14. The van der Waals surface area contributed by atoms with Gasteiger partial charge in [-0.1, -0.05) is 23.2 Å². The molecule has 0 aliphatic rings. The van der Waals surface area contributed by atoms with E-state index in [2.05, 4.69) is 39.9 Å². The van der Waals surface area contributed by atoms with Gasteiger partial charge in [-0.05, 0) is 97.8 Å². The highest BCUT2D eigenvalue weighted by Crippen LogP contribution is 2.38. The summed E-state index contributed by atoms with van der Waals surface area (Å²) < 4.78 is 65.6. The molecule has 0 radical (unpaired) electrons. The monoisotopic (exact) mass is 1400 g/mol. The summed E-state index contributed by atoms with van der Waals surface area (Å²) in [5.41, 5.74) is 13.8. The summed E-state index contributed by atoms with van der Waals surface area (Å²) in [5, 5.41) is 4.73. The number of methoxy groups -OCH3 is 6. The third-order valence-electron chi connectivity index (χ3n) is 14.4. The van der Waals surface area contributed by atoms with Gasteiger partial charge in [-0.2, -0.15) is 0 Å². The second-order valence-electron chi connectivity index (χ2n) is 20.4. The van der Waals surface area contributed by atoms with Crippen molar-refractivity contribution in [3.63, 3.8) is 0 Å². The van der Waals surface area contributed by atoms with E-state index < -0.39 is 9.84 Å². The van der Waals surface area contributed by atoms with Crippen LogP contribution in [-0.2, 0) is 45.1 Å². The van der Waals surface area contributed by atoms with Crippen molar-refractivity contribution in [2.45, 2.75) is 25.1 Å². The Morgan fingerprint density at radius 3 is 1.06 bits per heavy atom. The molecule has 490 valence electrons. The van der Waals surface area contributed by atoms with Crippen molar-refractivity contribution in [3.05, 3.63) is 127 Å². The number of imidazole rings is 5. The van der Waals surface area contributed by atoms with Gasteiger partial charge in [0.05, 0.1) is 119 Å². The van der Waals surface area contributed by atoms with Gasteiger partial charge in [0, 0.05) is 70.3 Å². The van der Waals surface area contributed by atoms with Gasteiger partial charge in [-0.3, -0.25) is 0 Å². The van der Waals surface area contributed by atoms with Gasteiger partial charge < -0.3 is 51.3 Å². The smallest absolute Gasteiger partial charge is 0.194 e. The van der Waals surface area contributed by atoms with Crippen molar-refractivity contribution in [3.8, 4) is 68.3 Å². The molecule has 0 unspecified atom stereocenters. The molecule has 30 heteroatoms. The fourth-order valence-corrected chi connectivity index (χ4v) is 13.6. The number of rotatable bonds is 14. The summed E-state index contributed by atoms with van der Waals surface area (Å²) >= 11 is 18.1. The van der Waals surface area contributed by atoms with Gasteiger partial charge in [0.2, 0.25) is 0 Å². The van der Waals surface area contributed by atoms with Crippen molar-refractivity contribution in [1.82, 2.24) is 72.7 Å². The predicted octanol–water partition coefficient (Wildman–Crippen LogP) is 13.5. The van der Waals surface area contributed by atoms with Crippen LogP contribution in [0.15, 0.2) is 142 Å². The number of benzene rings is 3. The van der Waals surface area contributed by atoms with Crippen LogP contribution in [0.25, 0.3) is 88.9 Å². The lowest BCUT2D eigenvalue weighted by Gasteiger charge is -2.10. The highest BCUT2D eigenvalue weighted by atomic mass is 35.5. The summed E-state index contributed by atoms with van der Waals surface area (Å²) in [6.45, 7) is 0. The number of sulfone groups is 1. The zero-order chi connectivity index (χ0) is 67.7. The van der Waals surface area contributed by atoms with Crippen molar-refractivity contribution in [1.29, 1.82) is 0 Å². The van der Waals surface area contributed by atoms with E-state index in [1.807, 2.05) is 139 Å². The quantitative estimate of drug-likeness (QED) is 0.0725. The molecule has 13 rings (SSSR count). The molecule has 10 heterocycles. The molecule has 0 aliphatic carbocycles. The molecule has 0 bridgehead atoms. The minimum Gasteiger partial charge on any atom is -0.493 e. The minimum atomic E-state index is -3.51. The first-order chi connectivity index (χ1) is 45.1. The molecule has 0 atom stereocenters. The van der Waals surface area contributed by atoms with Crippen molar-refractivity contribution in [2.75, 3.05) is 73.9 Å².